The third-order valence-corrected chi connectivity index (χ3v) is 8.22. The highest BCUT2D eigenvalue weighted by Gasteiger charge is 2.23. The first-order valence-corrected chi connectivity index (χ1v) is 15.1. The lowest BCUT2D eigenvalue weighted by Crippen LogP contribution is -2.32. The summed E-state index contributed by atoms with van der Waals surface area (Å²) >= 11 is 2.98. The van der Waals surface area contributed by atoms with E-state index in [-0.39, 0.29) is 6.71 Å². The highest BCUT2D eigenvalue weighted by molar-refractivity contribution is 7.97. The van der Waals surface area contributed by atoms with Gasteiger partial charge < -0.3 is 14.8 Å². The topological polar surface area (TPSA) is 129 Å². The van der Waals surface area contributed by atoms with Crippen LogP contribution in [-0.2, 0) is 0 Å². The smallest absolute Gasteiger partial charge is 0.270 e. The lowest BCUT2D eigenvalue weighted by Gasteiger charge is -2.25. The van der Waals surface area contributed by atoms with Gasteiger partial charge in [-0.2, -0.15) is 5.26 Å². The van der Waals surface area contributed by atoms with E-state index in [1.165, 1.54) is 23.5 Å². The van der Waals surface area contributed by atoms with E-state index in [1.807, 2.05) is 20.0 Å². The van der Waals surface area contributed by atoms with Crippen LogP contribution >= 0.6 is 24.2 Å². The van der Waals surface area contributed by atoms with Gasteiger partial charge in [0.15, 0.2) is 6.29 Å². The average Bonchev–Trinajstić information content (AvgIpc) is 3.03. The third kappa shape index (κ3) is 11.6. The molecule has 1 fully saturated rings. The Hall–Kier alpha value is -3.75. The molecule has 0 amide bonds. The number of anilines is 1. The second-order valence-corrected chi connectivity index (χ2v) is 11.3. The Labute approximate surface area is 257 Å². The van der Waals surface area contributed by atoms with Gasteiger partial charge in [0.2, 0.25) is 0 Å². The minimum Gasteiger partial charge on any atom is -0.409 e. The Balaban J connectivity index is 0.000000240. The number of nitrogens with zero attached hydrogens (tertiary/aromatic N) is 6. The summed E-state index contributed by atoms with van der Waals surface area (Å²) in [5, 5.41) is 24.3. The molecule has 42 heavy (non-hydrogen) atoms. The summed E-state index contributed by atoms with van der Waals surface area (Å²) < 4.78 is 9.92. The van der Waals surface area contributed by atoms with Crippen LogP contribution in [0.5, 0.6) is 5.75 Å². The quantitative estimate of drug-likeness (QED) is 0.196. The minimum absolute atomic E-state index is 0.170. The van der Waals surface area contributed by atoms with E-state index in [1.54, 1.807) is 36.2 Å². The monoisotopic (exact) mass is 602 g/mol. The number of nitriles is 2. The number of aldehydes is 1. The zero-order valence-electron chi connectivity index (χ0n) is 23.9. The molecule has 2 aliphatic rings. The van der Waals surface area contributed by atoms with Crippen molar-refractivity contribution in [3.8, 4) is 17.8 Å². The normalized spacial score (nSPS) is 17.7. The van der Waals surface area contributed by atoms with Crippen LogP contribution in [0.1, 0.15) is 17.3 Å². The van der Waals surface area contributed by atoms with Crippen LogP contribution in [0.25, 0.3) is 0 Å². The number of nitrogens with one attached hydrogen (secondary N) is 2. The van der Waals surface area contributed by atoms with Gasteiger partial charge >= 0.3 is 0 Å². The van der Waals surface area contributed by atoms with Gasteiger partial charge in [0.25, 0.3) is 6.71 Å². The molecule has 0 atom stereocenters. The van der Waals surface area contributed by atoms with Crippen molar-refractivity contribution in [2.75, 3.05) is 51.6 Å². The molecule has 0 bridgehead atoms. The molecular weight excluding hydrogens is 567 g/mol. The first-order chi connectivity index (χ1) is 20.5. The summed E-state index contributed by atoms with van der Waals surface area (Å²) in [6, 6.07) is 17.6. The zero-order valence-corrected chi connectivity index (χ0v) is 25.5. The molecule has 0 saturated carbocycles. The molecule has 0 aliphatic carbocycles. The number of carbonyl (C=O) groups is 1. The predicted molar refractivity (Wildman–Crippen MR) is 174 cm³/mol. The van der Waals surface area contributed by atoms with Crippen LogP contribution in [0.2, 0.25) is 12.6 Å². The molecule has 0 aromatic heterocycles. The fraction of sp³-hybridized carbons (Fsp3) is 0.345. The number of rotatable bonds is 7. The Kier molecular flexibility index (Phi) is 14.5. The lowest BCUT2D eigenvalue weighted by atomic mass is 9.45. The van der Waals surface area contributed by atoms with Gasteiger partial charge in [0.05, 0.1) is 12.1 Å². The van der Waals surface area contributed by atoms with Gasteiger partial charge in [0, 0.05) is 62.0 Å². The van der Waals surface area contributed by atoms with Gasteiger partial charge in [-0.3, -0.25) is 9.79 Å². The van der Waals surface area contributed by atoms with Crippen LogP contribution in [0.3, 0.4) is 0 Å². The van der Waals surface area contributed by atoms with Crippen LogP contribution in [0.15, 0.2) is 75.2 Å². The molecule has 0 unspecified atom stereocenters. The molecular formula is C29H35BN8O2S2. The summed E-state index contributed by atoms with van der Waals surface area (Å²) in [5.41, 5.74) is 2.94. The largest absolute Gasteiger partial charge is 0.409 e. The minimum atomic E-state index is 0.170. The molecule has 2 aromatic rings. The van der Waals surface area contributed by atoms with E-state index in [9.17, 15) is 4.79 Å². The molecule has 0 radical (unpaired) electrons. The predicted octanol–water partition coefficient (Wildman–Crippen LogP) is 4.85. The van der Waals surface area contributed by atoms with E-state index in [0.29, 0.717) is 23.6 Å². The van der Waals surface area contributed by atoms with E-state index < -0.39 is 0 Å². The summed E-state index contributed by atoms with van der Waals surface area (Å²) in [4.78, 5) is 20.4. The number of aliphatic imine (C=N–C) groups is 2. The summed E-state index contributed by atoms with van der Waals surface area (Å²) in [6.45, 7) is 6.92. The Bertz CT molecular complexity index is 1320. The van der Waals surface area contributed by atoms with Crippen molar-refractivity contribution in [1.82, 2.24) is 13.9 Å². The molecule has 13 heteroatoms. The number of para-hydroxylation sites is 1. The number of hydrogen-bond donors (Lipinski definition) is 2. The van der Waals surface area contributed by atoms with Crippen molar-refractivity contribution in [2.24, 2.45) is 9.98 Å². The molecule has 1 saturated heterocycles. The second-order valence-electron chi connectivity index (χ2n) is 9.34. The Morgan fingerprint density at radius 2 is 1.83 bits per heavy atom. The van der Waals surface area contributed by atoms with Crippen molar-refractivity contribution >= 4 is 54.9 Å². The van der Waals surface area contributed by atoms with Crippen LogP contribution in [-0.4, -0.2) is 80.0 Å². The first kappa shape index (κ1) is 32.8. The summed E-state index contributed by atoms with van der Waals surface area (Å²) in [7, 11) is 1.91. The number of allylic oxidation sites excluding steroid dienone is 2. The molecule has 4 rings (SSSR count). The van der Waals surface area contributed by atoms with E-state index in [2.05, 4.69) is 65.5 Å². The molecule has 2 N–H and O–H groups in total. The number of benzene rings is 2. The molecule has 0 spiro atoms. The van der Waals surface area contributed by atoms with Crippen LogP contribution < -0.4 is 14.8 Å². The zero-order chi connectivity index (χ0) is 30.0. The van der Waals surface area contributed by atoms with Crippen molar-refractivity contribution in [3.05, 3.63) is 65.9 Å². The van der Waals surface area contributed by atoms with Gasteiger partial charge in [-0.05, 0) is 74.0 Å². The standard InChI is InChI=1S/C17H22N6S.C12H13BN2O2S/c1-14-11-16(12-18)22-13-20-7-9-23(10-8-21-14)24-17-5-3-15(19-2)4-6-17;14-10-13-5-7-15(8-6-13)18-17-12-4-2-1-3-11(12)9-16/h3-6,11,13,19,21H,7-10H2,1-2H3;1-4,9H,5-8H2/b14-11-,20-13?,22-16?;. The maximum atomic E-state index is 10.8. The van der Waals surface area contributed by atoms with Gasteiger partial charge in [-0.1, -0.05) is 12.1 Å². The third-order valence-electron chi connectivity index (χ3n) is 6.28. The van der Waals surface area contributed by atoms with Crippen molar-refractivity contribution in [2.45, 2.75) is 24.5 Å². The number of hydrogen-bond acceptors (Lipinski definition) is 12. The molecule has 2 heterocycles. The van der Waals surface area contributed by atoms with E-state index >= 15 is 0 Å². The Morgan fingerprint density at radius 3 is 2.52 bits per heavy atom. The van der Waals surface area contributed by atoms with Crippen molar-refractivity contribution < 1.29 is 8.98 Å². The van der Waals surface area contributed by atoms with E-state index in [4.69, 9.17) is 14.7 Å². The first-order valence-electron chi connectivity index (χ1n) is 13.7. The number of carbonyl (C=O) groups excluding carboxylic acids is 1. The van der Waals surface area contributed by atoms with Crippen molar-refractivity contribution in [1.29, 1.82) is 10.5 Å². The van der Waals surface area contributed by atoms with Gasteiger partial charge in [-0.25, -0.2) is 18.9 Å². The molecule has 10 nitrogen and oxygen atoms in total. The fourth-order valence-corrected chi connectivity index (χ4v) is 5.51. The highest BCUT2D eigenvalue weighted by atomic mass is 32.2. The molecule has 2 aromatic carbocycles. The lowest BCUT2D eigenvalue weighted by molar-refractivity contribution is 0.112. The average molecular weight is 603 g/mol. The SMILES string of the molecule is CNc1ccc(SN2CCN=CN=C(C#N)/C=C(/C)NCC2)cc1.N#CB1CCN(SOc2ccccc2C=O)CC1. The summed E-state index contributed by atoms with van der Waals surface area (Å²) in [5.74, 6) is 2.88. The maximum Gasteiger partial charge on any atom is 0.270 e. The molecule has 2 aliphatic heterocycles. The maximum absolute atomic E-state index is 10.8. The summed E-state index contributed by atoms with van der Waals surface area (Å²) in [6.07, 6.45) is 5.75. The Morgan fingerprint density at radius 1 is 1.07 bits per heavy atom. The fourth-order valence-electron chi connectivity index (χ4n) is 3.90. The van der Waals surface area contributed by atoms with E-state index in [0.717, 1.165) is 63.0 Å². The van der Waals surface area contributed by atoms with Crippen molar-refractivity contribution in [3.63, 3.8) is 0 Å². The van der Waals surface area contributed by atoms with Crippen LogP contribution in [0.4, 0.5) is 5.69 Å². The molecule has 218 valence electrons. The highest BCUT2D eigenvalue weighted by Crippen LogP contribution is 2.26. The van der Waals surface area contributed by atoms with Crippen LogP contribution in [0, 0.1) is 22.6 Å². The van der Waals surface area contributed by atoms with Gasteiger partial charge in [0.1, 0.15) is 36.1 Å². The van der Waals surface area contributed by atoms with Gasteiger partial charge in [-0.15, -0.1) is 0 Å². The second kappa shape index (κ2) is 18.6.